The standard InChI is InChI=1S/C25H18ClF3N2O3S/c1-14-10-17(15(2)31(14)20-5-3-4-18(12-20)25(27,28)29)11-22-23(33)30(24(34)35-22)13-21(32)16-6-8-19(26)9-7-16/h3-12H,13H2,1-2H3/b22-11-. The second kappa shape index (κ2) is 9.39. The number of rotatable bonds is 5. The van der Waals surface area contributed by atoms with Gasteiger partial charge in [0.15, 0.2) is 5.78 Å². The van der Waals surface area contributed by atoms with E-state index in [1.54, 1.807) is 42.7 Å². The van der Waals surface area contributed by atoms with Crippen molar-refractivity contribution in [1.82, 2.24) is 9.47 Å². The first-order valence-electron chi connectivity index (χ1n) is 10.4. The number of ketones is 1. The maximum Gasteiger partial charge on any atom is 0.416 e. The third-order valence-corrected chi connectivity index (χ3v) is 6.69. The van der Waals surface area contributed by atoms with Crippen LogP contribution in [0.15, 0.2) is 59.5 Å². The number of thioether (sulfide) groups is 1. The number of aromatic nitrogens is 1. The maximum absolute atomic E-state index is 13.2. The molecule has 0 saturated carbocycles. The highest BCUT2D eigenvalue weighted by Gasteiger charge is 2.36. The van der Waals surface area contributed by atoms with Gasteiger partial charge in [0.1, 0.15) is 0 Å². The van der Waals surface area contributed by atoms with Crippen molar-refractivity contribution in [2.24, 2.45) is 0 Å². The zero-order chi connectivity index (χ0) is 25.5. The summed E-state index contributed by atoms with van der Waals surface area (Å²) >= 11 is 6.54. The number of carbonyl (C=O) groups excluding carboxylic acids is 3. The number of nitrogens with zero attached hydrogens (tertiary/aromatic N) is 2. The van der Waals surface area contributed by atoms with E-state index in [0.717, 1.165) is 17.0 Å². The van der Waals surface area contributed by atoms with Gasteiger partial charge in [-0.3, -0.25) is 19.3 Å². The molecule has 0 atom stereocenters. The Labute approximate surface area is 208 Å². The molecule has 0 aliphatic carbocycles. The smallest absolute Gasteiger partial charge is 0.318 e. The van der Waals surface area contributed by atoms with E-state index in [0.29, 0.717) is 45.0 Å². The summed E-state index contributed by atoms with van der Waals surface area (Å²) < 4.78 is 41.2. The third-order valence-electron chi connectivity index (χ3n) is 5.53. The highest BCUT2D eigenvalue weighted by atomic mass is 35.5. The first kappa shape index (κ1) is 24.8. The lowest BCUT2D eigenvalue weighted by atomic mass is 10.1. The van der Waals surface area contributed by atoms with E-state index in [1.165, 1.54) is 24.3 Å². The lowest BCUT2D eigenvalue weighted by molar-refractivity contribution is -0.137. The largest absolute Gasteiger partial charge is 0.416 e. The van der Waals surface area contributed by atoms with Gasteiger partial charge in [0, 0.05) is 27.7 Å². The lowest BCUT2D eigenvalue weighted by Gasteiger charge is -2.13. The Kier molecular flexibility index (Phi) is 6.66. The molecule has 10 heteroatoms. The van der Waals surface area contributed by atoms with Gasteiger partial charge >= 0.3 is 6.18 Å². The number of amides is 2. The van der Waals surface area contributed by atoms with Crippen LogP contribution in [0.25, 0.3) is 11.8 Å². The Bertz CT molecular complexity index is 1380. The summed E-state index contributed by atoms with van der Waals surface area (Å²) in [5.74, 6) is -1.01. The Morgan fingerprint density at radius 1 is 1.06 bits per heavy atom. The van der Waals surface area contributed by atoms with Crippen LogP contribution in [0, 0.1) is 13.8 Å². The van der Waals surface area contributed by atoms with Crippen molar-refractivity contribution < 1.29 is 27.6 Å². The van der Waals surface area contributed by atoms with Crippen LogP contribution in [0.2, 0.25) is 5.02 Å². The summed E-state index contributed by atoms with van der Waals surface area (Å²) in [5, 5.41) is -0.117. The normalized spacial score (nSPS) is 15.4. The second-order valence-corrected chi connectivity index (χ2v) is 9.34. The minimum absolute atomic E-state index is 0.128. The summed E-state index contributed by atoms with van der Waals surface area (Å²) in [6.07, 6.45) is -2.96. The zero-order valence-electron chi connectivity index (χ0n) is 18.5. The molecule has 0 bridgehead atoms. The van der Waals surface area contributed by atoms with Gasteiger partial charge in [-0.15, -0.1) is 0 Å². The number of carbonyl (C=O) groups is 3. The second-order valence-electron chi connectivity index (χ2n) is 7.91. The van der Waals surface area contributed by atoms with Crippen LogP contribution in [-0.4, -0.2) is 32.9 Å². The molecular formula is C25H18ClF3N2O3S. The molecule has 0 N–H and O–H groups in total. The molecule has 2 heterocycles. The molecule has 2 aromatic carbocycles. The third kappa shape index (κ3) is 5.06. The van der Waals surface area contributed by atoms with Gasteiger partial charge in [0.05, 0.1) is 17.0 Å². The fourth-order valence-electron chi connectivity index (χ4n) is 3.80. The molecule has 3 aromatic rings. The molecule has 0 unspecified atom stereocenters. The van der Waals surface area contributed by atoms with Crippen molar-refractivity contribution in [3.63, 3.8) is 0 Å². The van der Waals surface area contributed by atoms with Gasteiger partial charge in [-0.2, -0.15) is 13.2 Å². The summed E-state index contributed by atoms with van der Waals surface area (Å²) in [7, 11) is 0. The molecule has 1 saturated heterocycles. The predicted octanol–water partition coefficient (Wildman–Crippen LogP) is 6.69. The minimum atomic E-state index is -4.48. The van der Waals surface area contributed by atoms with E-state index in [4.69, 9.17) is 11.6 Å². The van der Waals surface area contributed by atoms with Crippen LogP contribution in [-0.2, 0) is 11.0 Å². The number of halogens is 4. The molecule has 2 amide bonds. The zero-order valence-corrected chi connectivity index (χ0v) is 20.1. The maximum atomic E-state index is 13.2. The van der Waals surface area contributed by atoms with Gasteiger partial charge in [0.25, 0.3) is 11.1 Å². The summed E-state index contributed by atoms with van der Waals surface area (Å²) in [6.45, 7) is 3.04. The number of alkyl halides is 3. The Morgan fingerprint density at radius 2 is 1.74 bits per heavy atom. The topological polar surface area (TPSA) is 59.4 Å². The molecule has 1 fully saturated rings. The van der Waals surface area contributed by atoms with Crippen molar-refractivity contribution >= 4 is 46.4 Å². The van der Waals surface area contributed by atoms with Crippen molar-refractivity contribution in [3.05, 3.63) is 92.6 Å². The molecular weight excluding hydrogens is 501 g/mol. The van der Waals surface area contributed by atoms with Gasteiger partial charge in [0.2, 0.25) is 0 Å². The van der Waals surface area contributed by atoms with Crippen LogP contribution in [0.1, 0.15) is 32.9 Å². The number of Topliss-reactive ketones (excluding diaryl/α,β-unsaturated/α-hetero) is 1. The van der Waals surface area contributed by atoms with Crippen molar-refractivity contribution in [3.8, 4) is 5.69 Å². The number of imide groups is 1. The van der Waals surface area contributed by atoms with Gasteiger partial charge in [-0.05, 0) is 85.8 Å². The van der Waals surface area contributed by atoms with E-state index in [2.05, 4.69) is 0 Å². The average Bonchev–Trinajstić information content (AvgIpc) is 3.22. The quantitative estimate of drug-likeness (QED) is 0.279. The van der Waals surface area contributed by atoms with Crippen molar-refractivity contribution in [2.75, 3.05) is 6.54 Å². The molecule has 4 rings (SSSR count). The fraction of sp³-hybridized carbons (Fsp3) is 0.160. The fourth-order valence-corrected chi connectivity index (χ4v) is 4.76. The Morgan fingerprint density at radius 3 is 2.40 bits per heavy atom. The molecule has 0 spiro atoms. The number of aryl methyl sites for hydroxylation is 1. The van der Waals surface area contributed by atoms with Gasteiger partial charge < -0.3 is 4.57 Å². The number of benzene rings is 2. The molecule has 1 aromatic heterocycles. The summed E-state index contributed by atoms with van der Waals surface area (Å²) in [6, 6.07) is 12.8. The SMILES string of the molecule is Cc1cc(/C=C2\SC(=O)N(CC(=O)c3ccc(Cl)cc3)C2=O)c(C)n1-c1cccc(C(F)(F)F)c1. The first-order chi connectivity index (χ1) is 16.5. The molecule has 180 valence electrons. The molecule has 5 nitrogen and oxygen atoms in total. The lowest BCUT2D eigenvalue weighted by Crippen LogP contribution is -2.33. The summed E-state index contributed by atoms with van der Waals surface area (Å²) in [5.41, 5.74) is 1.72. The van der Waals surface area contributed by atoms with Crippen molar-refractivity contribution in [2.45, 2.75) is 20.0 Å². The van der Waals surface area contributed by atoms with E-state index >= 15 is 0 Å². The van der Waals surface area contributed by atoms with Gasteiger partial charge in [-0.25, -0.2) is 0 Å². The molecule has 0 radical (unpaired) electrons. The van der Waals surface area contributed by atoms with Crippen LogP contribution in [0.4, 0.5) is 18.0 Å². The van der Waals surface area contributed by atoms with Crippen molar-refractivity contribution in [1.29, 1.82) is 0 Å². The van der Waals surface area contributed by atoms with E-state index < -0.39 is 35.2 Å². The van der Waals surface area contributed by atoms with E-state index in [-0.39, 0.29) is 4.91 Å². The highest BCUT2D eigenvalue weighted by molar-refractivity contribution is 8.18. The Hall–Kier alpha value is -3.30. The molecule has 1 aliphatic rings. The van der Waals surface area contributed by atoms with Crippen LogP contribution in [0.5, 0.6) is 0 Å². The minimum Gasteiger partial charge on any atom is -0.318 e. The van der Waals surface area contributed by atoms with Gasteiger partial charge in [-0.1, -0.05) is 17.7 Å². The summed E-state index contributed by atoms with van der Waals surface area (Å²) in [4.78, 5) is 38.9. The van der Waals surface area contributed by atoms with E-state index in [9.17, 15) is 27.6 Å². The average molecular weight is 519 g/mol. The predicted molar refractivity (Wildman–Crippen MR) is 129 cm³/mol. The van der Waals surface area contributed by atoms with Crippen LogP contribution >= 0.6 is 23.4 Å². The molecule has 1 aliphatic heterocycles. The first-order valence-corrected chi connectivity index (χ1v) is 11.6. The highest BCUT2D eigenvalue weighted by Crippen LogP contribution is 2.35. The van der Waals surface area contributed by atoms with Crippen LogP contribution < -0.4 is 0 Å². The van der Waals surface area contributed by atoms with Crippen LogP contribution in [0.3, 0.4) is 0 Å². The number of hydrogen-bond donors (Lipinski definition) is 0. The monoisotopic (exact) mass is 518 g/mol. The number of hydrogen-bond acceptors (Lipinski definition) is 4. The Balaban J connectivity index is 1.60. The molecule has 35 heavy (non-hydrogen) atoms. The van der Waals surface area contributed by atoms with E-state index in [1.807, 2.05) is 0 Å².